The Bertz CT molecular complexity index is 1250. The highest BCUT2D eigenvalue weighted by molar-refractivity contribution is 7.22. The molecule has 0 unspecified atom stereocenters. The molecule has 184 valence electrons. The highest BCUT2D eigenvalue weighted by Crippen LogP contribution is 2.31. The maximum atomic E-state index is 13.5. The molecule has 1 aliphatic heterocycles. The molecule has 0 radical (unpaired) electrons. The van der Waals surface area contributed by atoms with Crippen molar-refractivity contribution in [1.82, 2.24) is 9.88 Å². The zero-order chi connectivity index (χ0) is 25.3. The second kappa shape index (κ2) is 9.62. The van der Waals surface area contributed by atoms with Gasteiger partial charge in [0.1, 0.15) is 11.4 Å². The number of ketones is 1. The summed E-state index contributed by atoms with van der Waals surface area (Å²) in [5.41, 5.74) is 0.124. The van der Waals surface area contributed by atoms with E-state index in [4.69, 9.17) is 5.84 Å². The number of hydrogen-bond donors (Lipinski definition) is 1. The van der Waals surface area contributed by atoms with Gasteiger partial charge in [0.25, 0.3) is 11.7 Å². The number of allylic oxidation sites excluding steroid dienone is 1. The number of hydrogen-bond acceptors (Lipinski definition) is 7. The van der Waals surface area contributed by atoms with Gasteiger partial charge >= 0.3 is 6.18 Å². The van der Waals surface area contributed by atoms with Crippen molar-refractivity contribution in [3.05, 3.63) is 65.6 Å². The van der Waals surface area contributed by atoms with E-state index in [1.165, 1.54) is 19.1 Å². The van der Waals surface area contributed by atoms with Crippen LogP contribution in [-0.2, 0) is 9.59 Å². The molecule has 1 aromatic heterocycles. The van der Waals surface area contributed by atoms with E-state index in [1.807, 2.05) is 4.90 Å². The van der Waals surface area contributed by atoms with Crippen LogP contribution >= 0.6 is 11.3 Å². The Morgan fingerprint density at radius 1 is 1.03 bits per heavy atom. The quantitative estimate of drug-likeness (QED) is 0.107. The van der Waals surface area contributed by atoms with E-state index in [0.717, 1.165) is 17.0 Å². The second-order valence-electron chi connectivity index (χ2n) is 7.88. The van der Waals surface area contributed by atoms with E-state index in [0.29, 0.717) is 28.3 Å². The molecule has 2 heterocycles. The highest BCUT2D eigenvalue weighted by atomic mass is 32.1. The predicted octanol–water partition coefficient (Wildman–Crippen LogP) is 3.87. The van der Waals surface area contributed by atoms with Crippen LogP contribution in [0.5, 0.6) is 0 Å². The fraction of sp³-hybridized carbons (Fsp3) is 0.261. The number of nitrogens with zero attached hydrogens (tertiary/aromatic N) is 4. The standard InChI is InChI=1S/C23H21F4N5O2S/c1-14(30-10-12-31(13-11-30)16-8-6-15(24)7-9-16)19(20(33)23(25,26)27)21(34)32(28)22-29-17-4-2-3-5-18(17)35-22/h2-9H,10-13,28H2,1H3/b19-14-. The molecule has 1 saturated heterocycles. The maximum absolute atomic E-state index is 13.5. The molecule has 1 amide bonds. The molecule has 7 nitrogen and oxygen atoms in total. The van der Waals surface area contributed by atoms with Crippen molar-refractivity contribution in [1.29, 1.82) is 0 Å². The number of carbonyl (C=O) groups is 2. The Hall–Kier alpha value is -3.51. The Balaban J connectivity index is 1.61. The number of para-hydroxylation sites is 1. The van der Waals surface area contributed by atoms with Gasteiger partial charge in [-0.2, -0.15) is 13.2 Å². The van der Waals surface area contributed by atoms with E-state index in [-0.39, 0.29) is 29.7 Å². The summed E-state index contributed by atoms with van der Waals surface area (Å²) < 4.78 is 54.3. The molecule has 35 heavy (non-hydrogen) atoms. The van der Waals surface area contributed by atoms with E-state index >= 15 is 0 Å². The summed E-state index contributed by atoms with van der Waals surface area (Å²) in [5, 5.41) is 0.458. The zero-order valence-corrected chi connectivity index (χ0v) is 19.4. The van der Waals surface area contributed by atoms with Crippen LogP contribution in [0.4, 0.5) is 28.4 Å². The minimum Gasteiger partial charge on any atom is -0.371 e. The van der Waals surface area contributed by atoms with Crippen molar-refractivity contribution < 1.29 is 27.2 Å². The Kier molecular flexibility index (Phi) is 6.77. The number of nitrogens with two attached hydrogens (primary N) is 1. The summed E-state index contributed by atoms with van der Waals surface area (Å²) in [6.07, 6.45) is -5.27. The average molecular weight is 508 g/mol. The first-order valence-corrected chi connectivity index (χ1v) is 11.4. The van der Waals surface area contributed by atoms with Crippen LogP contribution < -0.4 is 15.8 Å². The average Bonchev–Trinajstić information content (AvgIpc) is 3.28. The number of amides is 1. The number of benzene rings is 2. The normalized spacial score (nSPS) is 15.3. The van der Waals surface area contributed by atoms with Gasteiger partial charge in [-0.1, -0.05) is 23.5 Å². The lowest BCUT2D eigenvalue weighted by atomic mass is 10.1. The third-order valence-electron chi connectivity index (χ3n) is 5.71. The van der Waals surface area contributed by atoms with Gasteiger partial charge in [0.2, 0.25) is 5.13 Å². The van der Waals surface area contributed by atoms with E-state index < -0.39 is 23.4 Å². The third kappa shape index (κ3) is 5.13. The molecule has 0 bridgehead atoms. The molecule has 4 rings (SSSR count). The van der Waals surface area contributed by atoms with Crippen molar-refractivity contribution in [2.45, 2.75) is 13.1 Å². The fourth-order valence-corrected chi connectivity index (χ4v) is 4.73. The summed E-state index contributed by atoms with van der Waals surface area (Å²) in [7, 11) is 0. The Labute approximate surface area is 202 Å². The maximum Gasteiger partial charge on any atom is 0.455 e. The third-order valence-corrected chi connectivity index (χ3v) is 6.75. The second-order valence-corrected chi connectivity index (χ2v) is 8.89. The fourth-order valence-electron chi connectivity index (χ4n) is 3.84. The first-order valence-electron chi connectivity index (χ1n) is 10.6. The SMILES string of the molecule is C/C(=C(/C(=O)N(N)c1nc2ccccc2s1)C(=O)C(F)(F)F)N1CCN(c2ccc(F)cc2)CC1. The number of hydrazine groups is 1. The van der Waals surface area contributed by atoms with Crippen LogP contribution in [-0.4, -0.2) is 53.9 Å². The van der Waals surface area contributed by atoms with Gasteiger partial charge in [-0.05, 0) is 43.3 Å². The smallest absolute Gasteiger partial charge is 0.371 e. The van der Waals surface area contributed by atoms with Gasteiger partial charge in [-0.25, -0.2) is 20.2 Å². The van der Waals surface area contributed by atoms with Crippen molar-refractivity contribution >= 4 is 44.1 Å². The lowest BCUT2D eigenvalue weighted by molar-refractivity contribution is -0.167. The molecule has 0 aliphatic carbocycles. The number of anilines is 2. The van der Waals surface area contributed by atoms with Gasteiger partial charge in [0.15, 0.2) is 0 Å². The summed E-state index contributed by atoms with van der Waals surface area (Å²) in [6.45, 7) is 2.59. The summed E-state index contributed by atoms with van der Waals surface area (Å²) in [4.78, 5) is 33.1. The molecule has 1 fully saturated rings. The molecular formula is C23H21F4N5O2S. The summed E-state index contributed by atoms with van der Waals surface area (Å²) >= 11 is 1.02. The minimum absolute atomic E-state index is 0.0300. The molecule has 2 N–H and O–H groups in total. The van der Waals surface area contributed by atoms with E-state index in [2.05, 4.69) is 4.98 Å². The van der Waals surface area contributed by atoms with Gasteiger partial charge in [-0.15, -0.1) is 0 Å². The molecule has 0 spiro atoms. The number of piperazine rings is 1. The molecule has 0 saturated carbocycles. The molecular weight excluding hydrogens is 486 g/mol. The largest absolute Gasteiger partial charge is 0.455 e. The van der Waals surface area contributed by atoms with E-state index in [9.17, 15) is 27.2 Å². The van der Waals surface area contributed by atoms with Gasteiger partial charge in [-0.3, -0.25) is 9.59 Å². The van der Waals surface area contributed by atoms with Gasteiger partial charge in [0.05, 0.1) is 10.2 Å². The number of thiazole rings is 1. The number of Topliss-reactive ketones (excluding diaryl/α,β-unsaturated/α-hetero) is 1. The molecule has 1 aliphatic rings. The first kappa shape index (κ1) is 24.6. The Morgan fingerprint density at radius 2 is 1.66 bits per heavy atom. The number of alkyl halides is 3. The lowest BCUT2D eigenvalue weighted by Gasteiger charge is -2.38. The molecule has 0 atom stereocenters. The number of halogens is 4. The molecule has 12 heteroatoms. The van der Waals surface area contributed by atoms with E-state index in [1.54, 1.807) is 41.3 Å². The van der Waals surface area contributed by atoms with Crippen molar-refractivity contribution in [2.24, 2.45) is 5.84 Å². The predicted molar refractivity (Wildman–Crippen MR) is 125 cm³/mol. The van der Waals surface area contributed by atoms with Crippen molar-refractivity contribution in [3.63, 3.8) is 0 Å². The number of aromatic nitrogens is 1. The summed E-state index contributed by atoms with van der Waals surface area (Å²) in [5.74, 6) is 1.95. The van der Waals surface area contributed by atoms with Crippen molar-refractivity contribution in [3.8, 4) is 0 Å². The van der Waals surface area contributed by atoms with Gasteiger partial charge < -0.3 is 9.80 Å². The number of carbonyl (C=O) groups excluding carboxylic acids is 2. The first-order chi connectivity index (χ1) is 16.6. The van der Waals surface area contributed by atoms with Crippen LogP contribution in [0.25, 0.3) is 10.2 Å². The van der Waals surface area contributed by atoms with Crippen LogP contribution in [0.3, 0.4) is 0 Å². The zero-order valence-electron chi connectivity index (χ0n) is 18.6. The number of rotatable bonds is 5. The van der Waals surface area contributed by atoms with Crippen LogP contribution in [0, 0.1) is 5.82 Å². The highest BCUT2D eigenvalue weighted by Gasteiger charge is 2.46. The van der Waals surface area contributed by atoms with Crippen molar-refractivity contribution in [2.75, 3.05) is 36.1 Å². The van der Waals surface area contributed by atoms with Crippen LogP contribution in [0.1, 0.15) is 6.92 Å². The minimum atomic E-state index is -5.27. The Morgan fingerprint density at radius 3 is 2.26 bits per heavy atom. The topological polar surface area (TPSA) is 82.8 Å². The summed E-state index contributed by atoms with van der Waals surface area (Å²) in [6, 6.07) is 12.8. The monoisotopic (exact) mass is 507 g/mol. The van der Waals surface area contributed by atoms with Gasteiger partial charge in [0, 0.05) is 37.6 Å². The molecule has 2 aromatic carbocycles. The molecule has 3 aromatic rings. The van der Waals surface area contributed by atoms with Crippen LogP contribution in [0.2, 0.25) is 0 Å². The van der Waals surface area contributed by atoms with Crippen LogP contribution in [0.15, 0.2) is 59.8 Å². The lowest BCUT2D eigenvalue weighted by Crippen LogP contribution is -2.48. The number of fused-ring (bicyclic) bond motifs is 1.